The molecule has 3 heteroatoms. The SMILES string of the molecule is CCC(=O)C=C(CC)C(=O)O. The first-order valence-corrected chi connectivity index (χ1v) is 3.58. The highest BCUT2D eigenvalue weighted by molar-refractivity contribution is 5.98. The molecule has 0 amide bonds. The van der Waals surface area contributed by atoms with Crippen molar-refractivity contribution in [3.63, 3.8) is 0 Å². The number of hydrogen-bond acceptors (Lipinski definition) is 2. The van der Waals surface area contributed by atoms with E-state index < -0.39 is 5.97 Å². The molecule has 0 aromatic heterocycles. The Morgan fingerprint density at radius 1 is 1.27 bits per heavy atom. The van der Waals surface area contributed by atoms with Crippen molar-refractivity contribution >= 4 is 11.8 Å². The molecule has 0 spiro atoms. The molecule has 0 rings (SSSR count). The molecule has 62 valence electrons. The summed E-state index contributed by atoms with van der Waals surface area (Å²) in [5, 5.41) is 8.50. The summed E-state index contributed by atoms with van der Waals surface area (Å²) in [5.41, 5.74) is 0.178. The van der Waals surface area contributed by atoms with Gasteiger partial charge in [0, 0.05) is 12.0 Å². The maximum atomic E-state index is 10.7. The predicted octanol–water partition coefficient (Wildman–Crippen LogP) is 1.39. The van der Waals surface area contributed by atoms with Crippen molar-refractivity contribution in [2.45, 2.75) is 26.7 Å². The molecule has 1 N–H and O–H groups in total. The largest absolute Gasteiger partial charge is 0.478 e. The maximum Gasteiger partial charge on any atom is 0.331 e. The van der Waals surface area contributed by atoms with Crippen LogP contribution in [-0.4, -0.2) is 16.9 Å². The first kappa shape index (κ1) is 9.88. The van der Waals surface area contributed by atoms with Crippen molar-refractivity contribution in [2.24, 2.45) is 0 Å². The van der Waals surface area contributed by atoms with Crippen LogP contribution in [-0.2, 0) is 9.59 Å². The Bertz CT molecular complexity index is 192. The first-order chi connectivity index (χ1) is 5.11. The Kier molecular flexibility index (Phi) is 4.18. The summed E-state index contributed by atoms with van der Waals surface area (Å²) in [6.45, 7) is 3.41. The molecule has 0 heterocycles. The summed E-state index contributed by atoms with van der Waals surface area (Å²) in [6.07, 6.45) is 1.94. The van der Waals surface area contributed by atoms with E-state index in [9.17, 15) is 9.59 Å². The van der Waals surface area contributed by atoms with Gasteiger partial charge >= 0.3 is 5.97 Å². The molecule has 0 saturated carbocycles. The van der Waals surface area contributed by atoms with Crippen molar-refractivity contribution in [2.75, 3.05) is 0 Å². The fraction of sp³-hybridized carbons (Fsp3) is 0.500. The topological polar surface area (TPSA) is 54.4 Å². The fourth-order valence-corrected chi connectivity index (χ4v) is 0.611. The van der Waals surface area contributed by atoms with Gasteiger partial charge in [0.2, 0.25) is 0 Å². The fourth-order valence-electron chi connectivity index (χ4n) is 0.611. The van der Waals surface area contributed by atoms with Gasteiger partial charge in [-0.1, -0.05) is 13.8 Å². The second-order valence-electron chi connectivity index (χ2n) is 2.15. The maximum absolute atomic E-state index is 10.7. The van der Waals surface area contributed by atoms with E-state index in [-0.39, 0.29) is 11.4 Å². The Morgan fingerprint density at radius 2 is 1.82 bits per heavy atom. The summed E-state index contributed by atoms with van der Waals surface area (Å²) < 4.78 is 0. The molecule has 3 nitrogen and oxygen atoms in total. The van der Waals surface area contributed by atoms with E-state index in [4.69, 9.17) is 5.11 Å². The summed E-state index contributed by atoms with van der Waals surface area (Å²) >= 11 is 0. The Balaban J connectivity index is 4.35. The number of carbonyl (C=O) groups is 2. The normalized spacial score (nSPS) is 11.3. The molecular formula is C8H12O3. The zero-order valence-corrected chi connectivity index (χ0v) is 6.76. The van der Waals surface area contributed by atoms with Crippen LogP contribution < -0.4 is 0 Å². The number of aliphatic carboxylic acids is 1. The van der Waals surface area contributed by atoms with Gasteiger partial charge < -0.3 is 5.11 Å². The Morgan fingerprint density at radius 3 is 2.09 bits per heavy atom. The third-order valence-corrected chi connectivity index (χ3v) is 1.34. The van der Waals surface area contributed by atoms with E-state index in [1.165, 1.54) is 6.08 Å². The van der Waals surface area contributed by atoms with Gasteiger partial charge in [-0.3, -0.25) is 4.79 Å². The van der Waals surface area contributed by atoms with Crippen LogP contribution in [0.2, 0.25) is 0 Å². The van der Waals surface area contributed by atoms with Crippen LogP contribution >= 0.6 is 0 Å². The van der Waals surface area contributed by atoms with Crippen molar-refractivity contribution in [3.05, 3.63) is 11.6 Å². The number of carboxylic acids is 1. The molecule has 0 unspecified atom stereocenters. The molecule has 0 aromatic carbocycles. The molecule has 0 aliphatic rings. The predicted molar refractivity (Wildman–Crippen MR) is 41.3 cm³/mol. The quantitative estimate of drug-likeness (QED) is 0.626. The average Bonchev–Trinajstić information content (AvgIpc) is 1.99. The van der Waals surface area contributed by atoms with Crippen LogP contribution in [0.5, 0.6) is 0 Å². The molecule has 0 aliphatic heterocycles. The van der Waals surface area contributed by atoms with Crippen molar-refractivity contribution in [1.82, 2.24) is 0 Å². The first-order valence-electron chi connectivity index (χ1n) is 3.58. The van der Waals surface area contributed by atoms with Gasteiger partial charge in [-0.15, -0.1) is 0 Å². The number of hydrogen-bond donors (Lipinski definition) is 1. The standard InChI is InChI=1S/C8H12O3/c1-3-6(8(10)11)5-7(9)4-2/h5H,3-4H2,1-2H3,(H,10,11). The molecule has 11 heavy (non-hydrogen) atoms. The second-order valence-corrected chi connectivity index (χ2v) is 2.15. The van der Waals surface area contributed by atoms with Crippen molar-refractivity contribution < 1.29 is 14.7 Å². The van der Waals surface area contributed by atoms with Crippen molar-refractivity contribution in [3.8, 4) is 0 Å². The van der Waals surface area contributed by atoms with Gasteiger partial charge in [0.15, 0.2) is 5.78 Å². The number of carboxylic acid groups (broad SMARTS) is 1. The highest BCUT2D eigenvalue weighted by Crippen LogP contribution is 2.01. The monoisotopic (exact) mass is 156 g/mol. The van der Waals surface area contributed by atoms with Crippen LogP contribution in [0.25, 0.3) is 0 Å². The molecule has 0 bridgehead atoms. The molecule has 0 fully saturated rings. The molecule has 0 aliphatic carbocycles. The Hall–Kier alpha value is -1.12. The van der Waals surface area contributed by atoms with Gasteiger partial charge in [-0.2, -0.15) is 0 Å². The van der Waals surface area contributed by atoms with Gasteiger partial charge in [0.05, 0.1) is 0 Å². The van der Waals surface area contributed by atoms with Crippen LogP contribution in [0.3, 0.4) is 0 Å². The lowest BCUT2D eigenvalue weighted by molar-refractivity contribution is -0.133. The van der Waals surface area contributed by atoms with E-state index in [0.29, 0.717) is 12.8 Å². The summed E-state index contributed by atoms with van der Waals surface area (Å²) in [4.78, 5) is 21.1. The minimum Gasteiger partial charge on any atom is -0.478 e. The minimum absolute atomic E-state index is 0.135. The van der Waals surface area contributed by atoms with Crippen molar-refractivity contribution in [1.29, 1.82) is 0 Å². The van der Waals surface area contributed by atoms with Crippen LogP contribution in [0, 0.1) is 0 Å². The van der Waals surface area contributed by atoms with E-state index >= 15 is 0 Å². The van der Waals surface area contributed by atoms with E-state index in [0.717, 1.165) is 0 Å². The lowest BCUT2D eigenvalue weighted by Gasteiger charge is -1.94. The van der Waals surface area contributed by atoms with Crippen LogP contribution in [0.15, 0.2) is 11.6 Å². The number of carbonyl (C=O) groups excluding carboxylic acids is 1. The molecule has 0 saturated heterocycles. The Labute approximate surface area is 65.7 Å². The molecule has 0 radical (unpaired) electrons. The summed E-state index contributed by atoms with van der Waals surface area (Å²) in [6, 6.07) is 0. The zero-order chi connectivity index (χ0) is 8.85. The molecule has 0 atom stereocenters. The van der Waals surface area contributed by atoms with Gasteiger partial charge in [0.1, 0.15) is 0 Å². The molecule has 0 aromatic rings. The van der Waals surface area contributed by atoms with E-state index in [2.05, 4.69) is 0 Å². The smallest absolute Gasteiger partial charge is 0.331 e. The molecular weight excluding hydrogens is 144 g/mol. The second kappa shape index (κ2) is 4.66. The third-order valence-electron chi connectivity index (χ3n) is 1.34. The van der Waals surface area contributed by atoms with Gasteiger partial charge in [-0.25, -0.2) is 4.79 Å². The summed E-state index contributed by atoms with van der Waals surface area (Å²) in [5.74, 6) is -1.14. The van der Waals surface area contributed by atoms with Crippen LogP contribution in [0.1, 0.15) is 26.7 Å². The minimum atomic E-state index is -1.01. The summed E-state index contributed by atoms with van der Waals surface area (Å²) in [7, 11) is 0. The number of ketones is 1. The third kappa shape index (κ3) is 3.55. The van der Waals surface area contributed by atoms with E-state index in [1.54, 1.807) is 13.8 Å². The van der Waals surface area contributed by atoms with Gasteiger partial charge in [-0.05, 0) is 12.5 Å². The number of rotatable bonds is 4. The highest BCUT2D eigenvalue weighted by Gasteiger charge is 2.05. The van der Waals surface area contributed by atoms with Gasteiger partial charge in [0.25, 0.3) is 0 Å². The highest BCUT2D eigenvalue weighted by atomic mass is 16.4. The lowest BCUT2D eigenvalue weighted by atomic mass is 10.1. The van der Waals surface area contributed by atoms with E-state index in [1.807, 2.05) is 0 Å². The lowest BCUT2D eigenvalue weighted by Crippen LogP contribution is -2.02. The average molecular weight is 156 g/mol. The zero-order valence-electron chi connectivity index (χ0n) is 6.76. The number of allylic oxidation sites excluding steroid dienone is 1. The van der Waals surface area contributed by atoms with Crippen LogP contribution in [0.4, 0.5) is 0 Å².